The normalized spacial score (nSPS) is 22.5. The molecule has 2 aromatic carbocycles. The second kappa shape index (κ2) is 6.87. The van der Waals surface area contributed by atoms with E-state index in [1.165, 1.54) is 0 Å². The molecule has 27 heavy (non-hydrogen) atoms. The zero-order valence-electron chi connectivity index (χ0n) is 15.0. The van der Waals surface area contributed by atoms with Gasteiger partial charge in [-0.25, -0.2) is 0 Å². The Morgan fingerprint density at radius 3 is 2.78 bits per heavy atom. The number of hydrogen-bond acceptors (Lipinski definition) is 4. The van der Waals surface area contributed by atoms with Gasteiger partial charge >= 0.3 is 0 Å². The predicted molar refractivity (Wildman–Crippen MR) is 104 cm³/mol. The lowest BCUT2D eigenvalue weighted by Gasteiger charge is -2.38. The number of para-hydroxylation sites is 2. The van der Waals surface area contributed by atoms with E-state index in [0.717, 1.165) is 17.7 Å². The van der Waals surface area contributed by atoms with Crippen LogP contribution in [0.15, 0.2) is 54.6 Å². The SMILES string of the molecule is CCNC(=O)c1cccc2c1NC(c1ccccc1[N+](=O)[O-])C1CC=CC21. The third kappa shape index (κ3) is 2.87. The van der Waals surface area contributed by atoms with E-state index in [0.29, 0.717) is 17.7 Å². The summed E-state index contributed by atoms with van der Waals surface area (Å²) in [5, 5.41) is 17.9. The van der Waals surface area contributed by atoms with Gasteiger partial charge in [-0.3, -0.25) is 14.9 Å². The Hall–Kier alpha value is -3.15. The highest BCUT2D eigenvalue weighted by molar-refractivity contribution is 6.00. The number of rotatable bonds is 4. The molecule has 1 amide bonds. The monoisotopic (exact) mass is 363 g/mol. The van der Waals surface area contributed by atoms with E-state index in [1.54, 1.807) is 18.2 Å². The Labute approximate surface area is 157 Å². The van der Waals surface area contributed by atoms with E-state index < -0.39 is 0 Å². The molecule has 2 aromatic rings. The molecule has 3 atom stereocenters. The maximum Gasteiger partial charge on any atom is 0.274 e. The molecular formula is C21H21N3O3. The molecule has 0 saturated carbocycles. The molecule has 0 aromatic heterocycles. The number of carbonyl (C=O) groups excluding carboxylic acids is 1. The smallest absolute Gasteiger partial charge is 0.274 e. The Morgan fingerprint density at radius 2 is 2.00 bits per heavy atom. The summed E-state index contributed by atoms with van der Waals surface area (Å²) in [6, 6.07) is 12.4. The highest BCUT2D eigenvalue weighted by Gasteiger charge is 2.41. The van der Waals surface area contributed by atoms with Gasteiger partial charge in [-0.05, 0) is 30.9 Å². The van der Waals surface area contributed by atoms with Crippen LogP contribution in [-0.4, -0.2) is 17.4 Å². The van der Waals surface area contributed by atoms with Gasteiger partial charge in [0.15, 0.2) is 0 Å². The fourth-order valence-corrected chi connectivity index (χ4v) is 4.29. The summed E-state index contributed by atoms with van der Waals surface area (Å²) >= 11 is 0. The number of anilines is 1. The standard InChI is InChI=1S/C21H21N3O3/c1-2-22-21(25)17-11-6-10-15-13-8-5-9-14(13)19(23-20(15)17)16-7-3-4-12-18(16)24(26)27/h3-8,10-14,19,23H,2,9H2,1H3,(H,22,25). The van der Waals surface area contributed by atoms with E-state index in [9.17, 15) is 14.9 Å². The second-order valence-corrected chi connectivity index (χ2v) is 6.92. The average Bonchev–Trinajstić information content (AvgIpc) is 3.17. The molecule has 4 rings (SSSR count). The molecule has 2 N–H and O–H groups in total. The molecule has 0 fully saturated rings. The van der Waals surface area contributed by atoms with E-state index in [-0.39, 0.29) is 34.4 Å². The number of fused-ring (bicyclic) bond motifs is 3. The van der Waals surface area contributed by atoms with Crippen LogP contribution < -0.4 is 10.6 Å². The Morgan fingerprint density at radius 1 is 1.22 bits per heavy atom. The number of amides is 1. The molecule has 3 unspecified atom stereocenters. The van der Waals surface area contributed by atoms with Crippen molar-refractivity contribution < 1.29 is 9.72 Å². The number of carbonyl (C=O) groups is 1. The fraction of sp³-hybridized carbons (Fsp3) is 0.286. The van der Waals surface area contributed by atoms with Crippen molar-refractivity contribution in [2.75, 3.05) is 11.9 Å². The lowest BCUT2D eigenvalue weighted by molar-refractivity contribution is -0.385. The van der Waals surface area contributed by atoms with Crippen LogP contribution in [-0.2, 0) is 0 Å². The molecule has 0 saturated heterocycles. The molecular weight excluding hydrogens is 342 g/mol. The zero-order chi connectivity index (χ0) is 19.0. The maximum atomic E-state index is 12.5. The summed E-state index contributed by atoms with van der Waals surface area (Å²) in [5.41, 5.74) is 3.21. The first-order valence-electron chi connectivity index (χ1n) is 9.19. The van der Waals surface area contributed by atoms with Crippen LogP contribution >= 0.6 is 0 Å². The minimum Gasteiger partial charge on any atom is -0.377 e. The average molecular weight is 363 g/mol. The molecule has 0 radical (unpaired) electrons. The van der Waals surface area contributed by atoms with Gasteiger partial charge in [-0.15, -0.1) is 0 Å². The highest BCUT2D eigenvalue weighted by atomic mass is 16.6. The number of nitrogens with zero attached hydrogens (tertiary/aromatic N) is 1. The third-order valence-electron chi connectivity index (χ3n) is 5.45. The molecule has 0 spiro atoms. The van der Waals surface area contributed by atoms with Crippen molar-refractivity contribution in [3.63, 3.8) is 0 Å². The second-order valence-electron chi connectivity index (χ2n) is 6.92. The van der Waals surface area contributed by atoms with Gasteiger partial charge < -0.3 is 10.6 Å². The minimum atomic E-state index is -0.334. The number of nitrogens with one attached hydrogen (secondary N) is 2. The van der Waals surface area contributed by atoms with Crippen molar-refractivity contribution in [1.82, 2.24) is 5.32 Å². The van der Waals surface area contributed by atoms with Crippen molar-refractivity contribution >= 4 is 17.3 Å². The van der Waals surface area contributed by atoms with Gasteiger partial charge in [0, 0.05) is 18.5 Å². The van der Waals surface area contributed by atoms with Crippen LogP contribution in [0.25, 0.3) is 0 Å². The van der Waals surface area contributed by atoms with Crippen LogP contribution in [0.1, 0.15) is 46.8 Å². The molecule has 1 heterocycles. The Kier molecular flexibility index (Phi) is 4.39. The number of hydrogen-bond donors (Lipinski definition) is 2. The van der Waals surface area contributed by atoms with E-state index in [1.807, 2.05) is 31.2 Å². The van der Waals surface area contributed by atoms with Crippen molar-refractivity contribution in [3.05, 3.63) is 81.4 Å². The molecule has 1 aliphatic heterocycles. The van der Waals surface area contributed by atoms with Gasteiger partial charge in [0.25, 0.3) is 11.6 Å². The molecule has 1 aliphatic carbocycles. The molecule has 6 nitrogen and oxygen atoms in total. The van der Waals surface area contributed by atoms with Gasteiger partial charge in [-0.2, -0.15) is 0 Å². The highest BCUT2D eigenvalue weighted by Crippen LogP contribution is 2.51. The van der Waals surface area contributed by atoms with Crippen molar-refractivity contribution in [2.24, 2.45) is 5.92 Å². The summed E-state index contributed by atoms with van der Waals surface area (Å²) in [6.45, 7) is 2.43. The topological polar surface area (TPSA) is 84.3 Å². The first-order chi connectivity index (χ1) is 13.1. The van der Waals surface area contributed by atoms with E-state index >= 15 is 0 Å². The van der Waals surface area contributed by atoms with Gasteiger partial charge in [0.1, 0.15) is 0 Å². The van der Waals surface area contributed by atoms with Crippen LogP contribution in [0.3, 0.4) is 0 Å². The van der Waals surface area contributed by atoms with Crippen LogP contribution in [0.5, 0.6) is 0 Å². The van der Waals surface area contributed by atoms with E-state index in [2.05, 4.69) is 22.8 Å². The minimum absolute atomic E-state index is 0.111. The lowest BCUT2D eigenvalue weighted by Crippen LogP contribution is -2.32. The van der Waals surface area contributed by atoms with E-state index in [4.69, 9.17) is 0 Å². The van der Waals surface area contributed by atoms with Gasteiger partial charge in [-0.1, -0.05) is 42.5 Å². The Balaban J connectivity index is 1.84. The van der Waals surface area contributed by atoms with Gasteiger partial charge in [0.2, 0.25) is 0 Å². The quantitative estimate of drug-likeness (QED) is 0.485. The van der Waals surface area contributed by atoms with Crippen LogP contribution in [0.4, 0.5) is 11.4 Å². The molecule has 138 valence electrons. The number of benzene rings is 2. The molecule has 2 aliphatic rings. The first-order valence-corrected chi connectivity index (χ1v) is 9.19. The van der Waals surface area contributed by atoms with Crippen molar-refractivity contribution in [2.45, 2.75) is 25.3 Å². The summed E-state index contributed by atoms with van der Waals surface area (Å²) < 4.78 is 0. The Bertz CT molecular complexity index is 938. The molecule has 6 heteroatoms. The zero-order valence-corrected chi connectivity index (χ0v) is 15.0. The summed E-state index contributed by atoms with van der Waals surface area (Å²) in [6.07, 6.45) is 5.14. The van der Waals surface area contributed by atoms with Crippen molar-refractivity contribution in [3.8, 4) is 0 Å². The largest absolute Gasteiger partial charge is 0.377 e. The lowest BCUT2D eigenvalue weighted by atomic mass is 9.76. The van der Waals surface area contributed by atoms with Crippen LogP contribution in [0, 0.1) is 16.0 Å². The number of allylic oxidation sites excluding steroid dienone is 2. The summed E-state index contributed by atoms with van der Waals surface area (Å²) in [7, 11) is 0. The number of nitro benzene ring substituents is 1. The fourth-order valence-electron chi connectivity index (χ4n) is 4.29. The molecule has 0 bridgehead atoms. The third-order valence-corrected chi connectivity index (χ3v) is 5.45. The predicted octanol–water partition coefficient (Wildman–Crippen LogP) is 4.17. The summed E-state index contributed by atoms with van der Waals surface area (Å²) in [4.78, 5) is 23.8. The first kappa shape index (κ1) is 17.3. The van der Waals surface area contributed by atoms with Crippen molar-refractivity contribution in [1.29, 1.82) is 0 Å². The summed E-state index contributed by atoms with van der Waals surface area (Å²) in [5.74, 6) is 0.187. The number of nitro groups is 1. The van der Waals surface area contributed by atoms with Crippen LogP contribution in [0.2, 0.25) is 0 Å². The van der Waals surface area contributed by atoms with Gasteiger partial charge in [0.05, 0.1) is 27.8 Å². The maximum absolute atomic E-state index is 12.5.